The largest absolute Gasteiger partial charge is 0.310 e. The molecule has 0 spiro atoms. The summed E-state index contributed by atoms with van der Waals surface area (Å²) in [5.74, 6) is 0.528. The van der Waals surface area contributed by atoms with Gasteiger partial charge in [0.2, 0.25) is 0 Å². The maximum Gasteiger partial charge on any atom is 0.0548 e. The first-order valence-corrected chi connectivity index (χ1v) is 30.7. The number of hydrogen-bond donors (Lipinski definition) is 0. The number of hydrogen-bond acceptors (Lipinski definition) is 2. The van der Waals surface area contributed by atoms with E-state index in [0.29, 0.717) is 5.92 Å². The van der Waals surface area contributed by atoms with Gasteiger partial charge in [-0.3, -0.25) is 0 Å². The lowest BCUT2D eigenvalue weighted by Crippen LogP contribution is -2.10. The van der Waals surface area contributed by atoms with Crippen molar-refractivity contribution in [3.8, 4) is 17.1 Å². The summed E-state index contributed by atoms with van der Waals surface area (Å²) in [7, 11) is 0. The second-order valence-electron chi connectivity index (χ2n) is 24.1. The number of aryl methyl sites for hydroxylation is 3. The van der Waals surface area contributed by atoms with Crippen molar-refractivity contribution < 1.29 is 0 Å². The van der Waals surface area contributed by atoms with Crippen LogP contribution in [0.5, 0.6) is 0 Å². The van der Waals surface area contributed by atoms with E-state index >= 15 is 0 Å². The lowest BCUT2D eigenvalue weighted by atomic mass is 10.0. The van der Waals surface area contributed by atoms with Crippen molar-refractivity contribution in [1.82, 2.24) is 18.3 Å². The van der Waals surface area contributed by atoms with Gasteiger partial charge < -0.3 is 28.1 Å². The zero-order valence-electron chi connectivity index (χ0n) is 49.6. The molecule has 0 N–H and O–H groups in total. The number of aromatic nitrogens is 4. The molecule has 0 radical (unpaired) electrons. The second-order valence-corrected chi connectivity index (χ2v) is 24.1. The van der Waals surface area contributed by atoms with Crippen LogP contribution in [0.3, 0.4) is 0 Å². The Bertz CT molecular complexity index is 5500. The van der Waals surface area contributed by atoms with Crippen molar-refractivity contribution in [1.29, 1.82) is 0 Å². The molecule has 4 heterocycles. The van der Waals surface area contributed by atoms with Crippen LogP contribution in [-0.2, 0) is 0 Å². The molecule has 1 atom stereocenters. The van der Waals surface area contributed by atoms with E-state index in [0.717, 1.165) is 79.7 Å². The first kappa shape index (κ1) is 51.3. The topological polar surface area (TPSA) is 26.2 Å². The minimum atomic E-state index is 0.528. The van der Waals surface area contributed by atoms with Gasteiger partial charge in [-0.15, -0.1) is 0 Å². The third-order valence-electron chi connectivity index (χ3n) is 18.4. The Hall–Kier alpha value is -11.1. The van der Waals surface area contributed by atoms with E-state index in [1.807, 2.05) is 0 Å². The number of para-hydroxylation sites is 4. The third kappa shape index (κ3) is 8.24. The SMILES string of the molecule is Cc1ccc(N(c2ccc3c(c2)c2ccccc2n3C2=CCC(C)C=C2)c2ccc3c(c2)c2cc4c(cc2n3-c2ccccc2)c2cc(N(c3ccc(C)cc3)c3ccc5c(c3)c3ccccc3n5-c3ccc(C)cc3)ccc2n4-c2ccccc2)cc1. The first-order chi connectivity index (χ1) is 43.3. The van der Waals surface area contributed by atoms with Crippen LogP contribution in [0.15, 0.2) is 285 Å². The van der Waals surface area contributed by atoms with Crippen molar-refractivity contribution in [2.45, 2.75) is 34.1 Å². The van der Waals surface area contributed by atoms with E-state index in [1.54, 1.807) is 0 Å². The van der Waals surface area contributed by atoms with Crippen molar-refractivity contribution in [3.05, 3.63) is 302 Å². The monoisotopic (exact) mass is 1130 g/mol. The second kappa shape index (κ2) is 20.3. The number of benzene rings is 12. The highest BCUT2D eigenvalue weighted by Crippen LogP contribution is 2.47. The van der Waals surface area contributed by atoms with Gasteiger partial charge >= 0.3 is 0 Å². The Morgan fingerprint density at radius 1 is 0.284 bits per heavy atom. The molecule has 0 saturated heterocycles. The van der Waals surface area contributed by atoms with Gasteiger partial charge in [-0.1, -0.05) is 145 Å². The molecule has 6 nitrogen and oxygen atoms in total. The van der Waals surface area contributed by atoms with Crippen molar-refractivity contribution in [3.63, 3.8) is 0 Å². The van der Waals surface area contributed by atoms with Gasteiger partial charge in [-0.25, -0.2) is 0 Å². The summed E-state index contributed by atoms with van der Waals surface area (Å²) in [6.07, 6.45) is 8.06. The Morgan fingerprint density at radius 2 is 0.602 bits per heavy atom. The molecule has 1 aliphatic rings. The first-order valence-electron chi connectivity index (χ1n) is 30.7. The van der Waals surface area contributed by atoms with Crippen LogP contribution in [0.4, 0.5) is 34.1 Å². The highest BCUT2D eigenvalue weighted by atomic mass is 15.2. The molecule has 12 aromatic carbocycles. The molecule has 17 rings (SSSR count). The highest BCUT2D eigenvalue weighted by Gasteiger charge is 2.25. The number of nitrogens with zero attached hydrogens (tertiary/aromatic N) is 6. The van der Waals surface area contributed by atoms with Crippen molar-refractivity contribution in [2.75, 3.05) is 9.80 Å². The molecule has 6 heteroatoms. The summed E-state index contributed by atoms with van der Waals surface area (Å²) in [6.45, 7) is 8.76. The molecule has 0 saturated carbocycles. The molecule has 88 heavy (non-hydrogen) atoms. The molecule has 0 amide bonds. The minimum Gasteiger partial charge on any atom is -0.310 e. The fraction of sp³-hybridized carbons (Fsp3) is 0.0732. The summed E-state index contributed by atoms with van der Waals surface area (Å²) >= 11 is 0. The van der Waals surface area contributed by atoms with Gasteiger partial charge in [-0.05, 0) is 197 Å². The van der Waals surface area contributed by atoms with Gasteiger partial charge in [0.05, 0.1) is 44.1 Å². The van der Waals surface area contributed by atoms with Gasteiger partial charge in [0.15, 0.2) is 0 Å². The van der Waals surface area contributed by atoms with E-state index in [4.69, 9.17) is 0 Å². The molecule has 4 aromatic heterocycles. The minimum absolute atomic E-state index is 0.528. The van der Waals surface area contributed by atoms with E-state index in [1.165, 1.54) is 87.5 Å². The fourth-order valence-electron chi connectivity index (χ4n) is 14.1. The Kier molecular flexibility index (Phi) is 11.8. The summed E-state index contributed by atoms with van der Waals surface area (Å²) in [6, 6.07) is 99.4. The molecule has 0 aliphatic heterocycles. The van der Waals surface area contributed by atoms with Gasteiger partial charge in [0.25, 0.3) is 0 Å². The number of rotatable bonds is 10. The van der Waals surface area contributed by atoms with Gasteiger partial charge in [0, 0.05) is 100.0 Å². The maximum absolute atomic E-state index is 2.47. The van der Waals surface area contributed by atoms with Crippen LogP contribution in [0.25, 0.3) is 110 Å². The molecule has 1 unspecified atom stereocenters. The number of fused-ring (bicyclic) bond motifs is 12. The van der Waals surface area contributed by atoms with Crippen molar-refractivity contribution in [2.24, 2.45) is 5.92 Å². The molecular formula is C82H62N6. The Balaban J connectivity index is 0.884. The Morgan fingerprint density at radius 3 is 1.02 bits per heavy atom. The van der Waals surface area contributed by atoms with Crippen LogP contribution in [0.2, 0.25) is 0 Å². The van der Waals surface area contributed by atoms with Gasteiger partial charge in [-0.2, -0.15) is 0 Å². The lowest BCUT2D eigenvalue weighted by Gasteiger charge is -2.26. The third-order valence-corrected chi connectivity index (χ3v) is 18.4. The number of allylic oxidation sites excluding steroid dienone is 4. The quantitative estimate of drug-likeness (QED) is 0.136. The van der Waals surface area contributed by atoms with Gasteiger partial charge in [0.1, 0.15) is 0 Å². The Labute approximate surface area is 511 Å². The fourth-order valence-corrected chi connectivity index (χ4v) is 14.1. The maximum atomic E-state index is 2.47. The predicted octanol–water partition coefficient (Wildman–Crippen LogP) is 22.4. The average molecular weight is 1130 g/mol. The predicted molar refractivity (Wildman–Crippen MR) is 373 cm³/mol. The molecule has 420 valence electrons. The standard InChI is InChI=1S/C82H62N6/c1-53-23-31-59(32-24-53)83(63-39-43-77-69(47-63)67-19-11-13-21-75(67)85(77)61-35-27-55(3)28-36-61)65-41-45-79-71(49-65)73-51-82-74(52-81(73)87(79)57-15-7-5-8-16-57)72-50-66(42-46-80(72)88(82)58-17-9-6-10-18-58)84(60-33-25-54(2)26-34-60)64-40-44-78-70(48-64)68-20-12-14-22-76(68)86(78)62-37-29-56(4)30-38-62/h5-29,31-52,56H,30H2,1-4H3. The van der Waals surface area contributed by atoms with Crippen LogP contribution >= 0.6 is 0 Å². The molecule has 0 bridgehead atoms. The highest BCUT2D eigenvalue weighted by molar-refractivity contribution is 6.21. The molecule has 16 aromatic rings. The zero-order valence-corrected chi connectivity index (χ0v) is 49.6. The van der Waals surface area contributed by atoms with E-state index in [2.05, 4.69) is 341 Å². The summed E-state index contributed by atoms with van der Waals surface area (Å²) in [5.41, 5.74) is 24.2. The summed E-state index contributed by atoms with van der Waals surface area (Å²) < 4.78 is 9.79. The number of anilines is 6. The van der Waals surface area contributed by atoms with Crippen LogP contribution in [0, 0.1) is 26.7 Å². The molecule has 0 fully saturated rings. The van der Waals surface area contributed by atoms with Crippen LogP contribution in [-0.4, -0.2) is 18.3 Å². The molecular weight excluding hydrogens is 1070 g/mol. The average Bonchev–Trinajstić information content (AvgIpc) is 1.84. The zero-order chi connectivity index (χ0) is 58.7. The smallest absolute Gasteiger partial charge is 0.0548 e. The van der Waals surface area contributed by atoms with Crippen LogP contribution in [0.1, 0.15) is 30.0 Å². The van der Waals surface area contributed by atoms with Crippen molar-refractivity contribution >= 4 is 127 Å². The van der Waals surface area contributed by atoms with E-state index in [-0.39, 0.29) is 0 Å². The van der Waals surface area contributed by atoms with E-state index in [9.17, 15) is 0 Å². The normalized spacial score (nSPS) is 13.5. The summed E-state index contributed by atoms with van der Waals surface area (Å²) in [4.78, 5) is 4.88. The van der Waals surface area contributed by atoms with Crippen LogP contribution < -0.4 is 9.80 Å². The molecule has 1 aliphatic carbocycles. The lowest BCUT2D eigenvalue weighted by molar-refractivity contribution is 0.735. The summed E-state index contributed by atoms with van der Waals surface area (Å²) in [5, 5.41) is 9.60. The van der Waals surface area contributed by atoms with E-state index < -0.39 is 0 Å².